The van der Waals surface area contributed by atoms with Crippen molar-refractivity contribution in [1.82, 2.24) is 4.98 Å². The van der Waals surface area contributed by atoms with E-state index in [0.29, 0.717) is 5.56 Å². The Morgan fingerprint density at radius 3 is 2.09 bits per heavy atom. The van der Waals surface area contributed by atoms with Crippen LogP contribution in [0.4, 0.5) is 0 Å². The predicted molar refractivity (Wildman–Crippen MR) is 82.7 cm³/mol. The minimum absolute atomic E-state index is 0.224. The summed E-state index contributed by atoms with van der Waals surface area (Å²) >= 11 is 0. The number of benzene rings is 1. The Labute approximate surface area is 130 Å². The molecule has 0 saturated heterocycles. The fourth-order valence-corrected chi connectivity index (χ4v) is 2.68. The maximum Gasteiger partial charge on any atom is 0.137 e. The first-order valence-electron chi connectivity index (χ1n) is 7.57. The lowest BCUT2D eigenvalue weighted by molar-refractivity contribution is 0.0804. The summed E-state index contributed by atoms with van der Waals surface area (Å²) in [6.07, 6.45) is 7.88. The van der Waals surface area contributed by atoms with E-state index in [-0.39, 0.29) is 12.2 Å². The minimum atomic E-state index is 0.224. The standard InChI is InChI=1S/C18H18N2O2/c19-12-14-3-5-15(6-4-14)21-16-7-9-17(10-8-16)22-18-2-1-11-20-13-18/h1-6,11,13,16-17H,7-10H2. The number of hydrogen-bond acceptors (Lipinski definition) is 4. The lowest BCUT2D eigenvalue weighted by Crippen LogP contribution is -2.30. The van der Waals surface area contributed by atoms with Crippen molar-refractivity contribution in [1.29, 1.82) is 5.26 Å². The summed E-state index contributed by atoms with van der Waals surface area (Å²) in [6, 6.07) is 13.2. The van der Waals surface area contributed by atoms with Crippen molar-refractivity contribution in [2.75, 3.05) is 0 Å². The lowest BCUT2D eigenvalue weighted by atomic mass is 9.95. The van der Waals surface area contributed by atoms with E-state index >= 15 is 0 Å². The third-order valence-electron chi connectivity index (χ3n) is 3.84. The molecule has 1 aliphatic rings. The summed E-state index contributed by atoms with van der Waals surface area (Å²) in [5, 5.41) is 8.79. The molecule has 1 aromatic heterocycles. The number of nitriles is 1. The van der Waals surface area contributed by atoms with E-state index < -0.39 is 0 Å². The van der Waals surface area contributed by atoms with Crippen molar-refractivity contribution in [2.45, 2.75) is 37.9 Å². The maximum absolute atomic E-state index is 8.79. The highest BCUT2D eigenvalue weighted by Gasteiger charge is 2.23. The molecule has 112 valence electrons. The van der Waals surface area contributed by atoms with Crippen LogP contribution in [-0.4, -0.2) is 17.2 Å². The van der Waals surface area contributed by atoms with Crippen molar-refractivity contribution in [3.63, 3.8) is 0 Å². The van der Waals surface area contributed by atoms with Crippen molar-refractivity contribution in [3.05, 3.63) is 54.4 Å². The van der Waals surface area contributed by atoms with Crippen LogP contribution in [0.15, 0.2) is 48.8 Å². The van der Waals surface area contributed by atoms with Gasteiger partial charge in [-0.25, -0.2) is 0 Å². The van der Waals surface area contributed by atoms with Gasteiger partial charge in [0.2, 0.25) is 0 Å². The molecule has 2 aromatic rings. The van der Waals surface area contributed by atoms with E-state index in [1.165, 1.54) is 0 Å². The monoisotopic (exact) mass is 294 g/mol. The summed E-state index contributed by atoms with van der Waals surface area (Å²) in [5.41, 5.74) is 0.654. The van der Waals surface area contributed by atoms with Gasteiger partial charge in [0.05, 0.1) is 30.0 Å². The molecule has 0 bridgehead atoms. The second kappa shape index (κ2) is 6.95. The number of hydrogen-bond donors (Lipinski definition) is 0. The minimum Gasteiger partial charge on any atom is -0.490 e. The van der Waals surface area contributed by atoms with Crippen molar-refractivity contribution >= 4 is 0 Å². The second-order valence-electron chi connectivity index (χ2n) is 5.46. The molecule has 0 unspecified atom stereocenters. The Balaban J connectivity index is 1.48. The molecule has 0 spiro atoms. The van der Waals surface area contributed by atoms with E-state index in [0.717, 1.165) is 37.2 Å². The van der Waals surface area contributed by atoms with E-state index in [1.54, 1.807) is 24.5 Å². The molecule has 0 N–H and O–H groups in total. The molecule has 1 saturated carbocycles. The van der Waals surface area contributed by atoms with Crippen LogP contribution in [0.3, 0.4) is 0 Å². The molecule has 0 atom stereocenters. The summed E-state index contributed by atoms with van der Waals surface area (Å²) < 4.78 is 11.9. The van der Waals surface area contributed by atoms with Gasteiger partial charge in [-0.1, -0.05) is 0 Å². The van der Waals surface area contributed by atoms with Gasteiger partial charge in [0.15, 0.2) is 0 Å². The van der Waals surface area contributed by atoms with Gasteiger partial charge in [-0.15, -0.1) is 0 Å². The largest absolute Gasteiger partial charge is 0.490 e. The Hall–Kier alpha value is -2.54. The summed E-state index contributed by atoms with van der Waals surface area (Å²) in [4.78, 5) is 4.06. The van der Waals surface area contributed by atoms with Crippen molar-refractivity contribution in [3.8, 4) is 17.6 Å². The molecule has 0 aliphatic heterocycles. The molecule has 1 heterocycles. The Kier molecular flexibility index (Phi) is 4.55. The van der Waals surface area contributed by atoms with Crippen LogP contribution in [0, 0.1) is 11.3 Å². The fraction of sp³-hybridized carbons (Fsp3) is 0.333. The zero-order valence-electron chi connectivity index (χ0n) is 12.3. The van der Waals surface area contributed by atoms with Gasteiger partial charge >= 0.3 is 0 Å². The van der Waals surface area contributed by atoms with Crippen LogP contribution in [0.1, 0.15) is 31.2 Å². The number of pyridine rings is 1. The van der Waals surface area contributed by atoms with Gasteiger partial charge in [0.1, 0.15) is 11.5 Å². The molecule has 0 amide bonds. The quantitative estimate of drug-likeness (QED) is 0.862. The van der Waals surface area contributed by atoms with Crippen LogP contribution in [-0.2, 0) is 0 Å². The van der Waals surface area contributed by atoms with Crippen LogP contribution >= 0.6 is 0 Å². The zero-order chi connectivity index (χ0) is 15.2. The fourth-order valence-electron chi connectivity index (χ4n) is 2.68. The van der Waals surface area contributed by atoms with Gasteiger partial charge in [-0.2, -0.15) is 5.26 Å². The van der Waals surface area contributed by atoms with E-state index in [4.69, 9.17) is 14.7 Å². The van der Waals surface area contributed by atoms with Gasteiger partial charge in [0, 0.05) is 6.20 Å². The topological polar surface area (TPSA) is 55.1 Å². The van der Waals surface area contributed by atoms with Crippen LogP contribution in [0.5, 0.6) is 11.5 Å². The molecule has 22 heavy (non-hydrogen) atoms. The summed E-state index contributed by atoms with van der Waals surface area (Å²) in [5.74, 6) is 1.66. The molecule has 0 radical (unpaired) electrons. The van der Waals surface area contributed by atoms with Crippen LogP contribution in [0.25, 0.3) is 0 Å². The predicted octanol–water partition coefficient (Wildman–Crippen LogP) is 3.72. The number of ether oxygens (including phenoxy) is 2. The molecule has 4 heteroatoms. The molecule has 1 aromatic carbocycles. The van der Waals surface area contributed by atoms with Gasteiger partial charge in [0.25, 0.3) is 0 Å². The van der Waals surface area contributed by atoms with E-state index in [9.17, 15) is 0 Å². The van der Waals surface area contributed by atoms with E-state index in [1.807, 2.05) is 24.3 Å². The highest BCUT2D eigenvalue weighted by Crippen LogP contribution is 2.26. The molecule has 1 fully saturated rings. The second-order valence-corrected chi connectivity index (χ2v) is 5.46. The molecule has 3 rings (SSSR count). The summed E-state index contributed by atoms with van der Waals surface area (Å²) in [6.45, 7) is 0. The molecular weight excluding hydrogens is 276 g/mol. The number of rotatable bonds is 4. The normalized spacial score (nSPS) is 20.9. The van der Waals surface area contributed by atoms with Gasteiger partial charge in [-0.3, -0.25) is 4.98 Å². The third-order valence-corrected chi connectivity index (χ3v) is 3.84. The smallest absolute Gasteiger partial charge is 0.137 e. The molecule has 1 aliphatic carbocycles. The van der Waals surface area contributed by atoms with Crippen molar-refractivity contribution in [2.24, 2.45) is 0 Å². The van der Waals surface area contributed by atoms with Crippen LogP contribution < -0.4 is 9.47 Å². The average molecular weight is 294 g/mol. The average Bonchev–Trinajstić information content (AvgIpc) is 2.58. The summed E-state index contributed by atoms with van der Waals surface area (Å²) in [7, 11) is 0. The SMILES string of the molecule is N#Cc1ccc(OC2CCC(Oc3cccnc3)CC2)cc1. The number of nitrogens with zero attached hydrogens (tertiary/aromatic N) is 2. The van der Waals surface area contributed by atoms with Gasteiger partial charge in [-0.05, 0) is 62.1 Å². The zero-order valence-corrected chi connectivity index (χ0v) is 12.3. The van der Waals surface area contributed by atoms with Crippen molar-refractivity contribution < 1.29 is 9.47 Å². The number of aromatic nitrogens is 1. The Morgan fingerprint density at radius 1 is 0.909 bits per heavy atom. The first kappa shape index (κ1) is 14.4. The lowest BCUT2D eigenvalue weighted by Gasteiger charge is -2.29. The first-order valence-corrected chi connectivity index (χ1v) is 7.57. The highest BCUT2D eigenvalue weighted by atomic mass is 16.5. The van der Waals surface area contributed by atoms with Crippen LogP contribution in [0.2, 0.25) is 0 Å². The van der Waals surface area contributed by atoms with Gasteiger partial charge < -0.3 is 9.47 Å². The van der Waals surface area contributed by atoms with E-state index in [2.05, 4.69) is 11.1 Å². The Bertz CT molecular complexity index is 626. The maximum atomic E-state index is 8.79. The highest BCUT2D eigenvalue weighted by molar-refractivity contribution is 5.34. The first-order chi connectivity index (χ1) is 10.8. The Morgan fingerprint density at radius 2 is 1.55 bits per heavy atom. The third kappa shape index (κ3) is 3.76. The molecule has 4 nitrogen and oxygen atoms in total. The molecular formula is C18H18N2O2.